The number of amides is 2. The number of hydrogen-bond acceptors (Lipinski definition) is 3. The van der Waals surface area contributed by atoms with Gasteiger partial charge in [-0.3, -0.25) is 9.59 Å². The zero-order valence-corrected chi connectivity index (χ0v) is 13.7. The van der Waals surface area contributed by atoms with E-state index in [-0.39, 0.29) is 10.7 Å². The molecule has 4 nitrogen and oxygen atoms in total. The molecule has 0 aromatic heterocycles. The zero-order valence-electron chi connectivity index (χ0n) is 12.1. The van der Waals surface area contributed by atoms with Gasteiger partial charge in [0.25, 0.3) is 11.8 Å². The molecule has 0 atom stereocenters. The molecule has 3 rings (SSSR count). The number of rotatable bonds is 3. The molecule has 0 saturated carbocycles. The van der Waals surface area contributed by atoms with Crippen LogP contribution in [0.15, 0.2) is 59.3 Å². The van der Waals surface area contributed by atoms with Crippen LogP contribution >= 0.6 is 23.2 Å². The molecule has 0 fully saturated rings. The van der Waals surface area contributed by atoms with Gasteiger partial charge >= 0.3 is 0 Å². The molecule has 1 heterocycles. The minimum atomic E-state index is -0.597. The fraction of sp³-hybridized carbons (Fsp3) is 0.0588. The molecule has 23 heavy (non-hydrogen) atoms. The van der Waals surface area contributed by atoms with E-state index in [1.165, 1.54) is 0 Å². The van der Waals surface area contributed by atoms with Crippen LogP contribution < -0.4 is 10.2 Å². The maximum absolute atomic E-state index is 12.6. The van der Waals surface area contributed by atoms with E-state index in [1.54, 1.807) is 30.3 Å². The molecule has 0 spiro atoms. The molecule has 0 unspecified atom stereocenters. The number of anilines is 2. The van der Waals surface area contributed by atoms with Crippen LogP contribution in [0.25, 0.3) is 0 Å². The van der Waals surface area contributed by atoms with E-state index >= 15 is 0 Å². The number of carbonyl (C=O) groups excluding carboxylic acids is 2. The van der Waals surface area contributed by atoms with E-state index in [4.69, 9.17) is 23.2 Å². The molecular weight excluding hydrogens is 335 g/mol. The predicted octanol–water partition coefficient (Wildman–Crippen LogP) is 4.08. The number of hydrogen-bond donors (Lipinski definition) is 1. The molecule has 0 saturated heterocycles. The fourth-order valence-electron chi connectivity index (χ4n) is 2.33. The molecular formula is C17H12Cl2N2O2. The average Bonchev–Trinajstić information content (AvgIpc) is 2.72. The highest BCUT2D eigenvalue weighted by molar-refractivity contribution is 6.53. The quantitative estimate of drug-likeness (QED) is 0.851. The SMILES string of the molecule is Cc1cccc(NC2=C(Cl)C(=O)N(c3ccccc3Cl)C2=O)c1. The Morgan fingerprint density at radius 2 is 1.70 bits per heavy atom. The van der Waals surface area contributed by atoms with E-state index in [0.29, 0.717) is 16.4 Å². The number of para-hydroxylation sites is 1. The molecule has 0 radical (unpaired) electrons. The van der Waals surface area contributed by atoms with E-state index in [9.17, 15) is 9.59 Å². The average molecular weight is 347 g/mol. The molecule has 1 N–H and O–H groups in total. The van der Waals surface area contributed by atoms with Gasteiger partial charge in [-0.05, 0) is 36.8 Å². The van der Waals surface area contributed by atoms with Gasteiger partial charge in [0.1, 0.15) is 10.7 Å². The van der Waals surface area contributed by atoms with Crippen LogP contribution in [0, 0.1) is 6.92 Å². The highest BCUT2D eigenvalue weighted by Gasteiger charge is 2.39. The van der Waals surface area contributed by atoms with Crippen molar-refractivity contribution in [3.8, 4) is 0 Å². The van der Waals surface area contributed by atoms with Crippen LogP contribution in [0.3, 0.4) is 0 Å². The maximum atomic E-state index is 12.6. The fourth-order valence-corrected chi connectivity index (χ4v) is 2.76. The van der Waals surface area contributed by atoms with Crippen LogP contribution in [0.1, 0.15) is 5.56 Å². The summed E-state index contributed by atoms with van der Waals surface area (Å²) in [6.45, 7) is 1.93. The smallest absolute Gasteiger partial charge is 0.283 e. The third-order valence-corrected chi connectivity index (χ3v) is 4.08. The summed E-state index contributed by atoms with van der Waals surface area (Å²) in [5.41, 5.74) is 2.05. The summed E-state index contributed by atoms with van der Waals surface area (Å²) in [6, 6.07) is 14.0. The van der Waals surface area contributed by atoms with Crippen molar-refractivity contribution in [3.05, 3.63) is 69.8 Å². The Labute approximate surface area is 143 Å². The van der Waals surface area contributed by atoms with Gasteiger partial charge in [-0.15, -0.1) is 0 Å². The lowest BCUT2D eigenvalue weighted by Crippen LogP contribution is -2.32. The van der Waals surface area contributed by atoms with Crippen LogP contribution in [-0.4, -0.2) is 11.8 Å². The molecule has 2 aromatic rings. The van der Waals surface area contributed by atoms with Gasteiger partial charge in [0.05, 0.1) is 10.7 Å². The summed E-state index contributed by atoms with van der Waals surface area (Å²) in [4.78, 5) is 25.9. The molecule has 1 aliphatic rings. The Hall–Kier alpha value is -2.30. The van der Waals surface area contributed by atoms with Gasteiger partial charge in [0.15, 0.2) is 0 Å². The van der Waals surface area contributed by atoms with Crippen molar-refractivity contribution in [2.24, 2.45) is 0 Å². The van der Waals surface area contributed by atoms with E-state index in [0.717, 1.165) is 10.5 Å². The second-order valence-corrected chi connectivity index (χ2v) is 5.87. The molecule has 6 heteroatoms. The topological polar surface area (TPSA) is 49.4 Å². The first-order valence-corrected chi connectivity index (χ1v) is 7.61. The highest BCUT2D eigenvalue weighted by atomic mass is 35.5. The molecule has 2 amide bonds. The maximum Gasteiger partial charge on any atom is 0.283 e. The third kappa shape index (κ3) is 2.83. The lowest BCUT2D eigenvalue weighted by atomic mass is 10.2. The number of aryl methyl sites for hydroxylation is 1. The van der Waals surface area contributed by atoms with E-state index in [2.05, 4.69) is 5.32 Å². The van der Waals surface area contributed by atoms with Gasteiger partial charge in [-0.2, -0.15) is 0 Å². The van der Waals surface area contributed by atoms with Crippen LogP contribution in [0.5, 0.6) is 0 Å². The first-order chi connectivity index (χ1) is 11.0. The third-order valence-electron chi connectivity index (χ3n) is 3.41. The summed E-state index contributed by atoms with van der Waals surface area (Å²) in [5, 5.41) is 3.07. The van der Waals surface area contributed by atoms with Crippen molar-refractivity contribution in [2.45, 2.75) is 6.92 Å². The number of carbonyl (C=O) groups is 2. The van der Waals surface area contributed by atoms with E-state index < -0.39 is 11.8 Å². The molecule has 0 aliphatic carbocycles. The zero-order chi connectivity index (χ0) is 16.6. The van der Waals surface area contributed by atoms with Crippen LogP contribution in [-0.2, 0) is 9.59 Å². The van der Waals surface area contributed by atoms with Gasteiger partial charge in [0, 0.05) is 5.69 Å². The van der Waals surface area contributed by atoms with Gasteiger partial charge in [0.2, 0.25) is 0 Å². The first kappa shape index (κ1) is 15.6. The Morgan fingerprint density at radius 1 is 0.957 bits per heavy atom. The molecule has 0 bridgehead atoms. The lowest BCUT2D eigenvalue weighted by molar-refractivity contribution is -0.120. The Kier molecular flexibility index (Phi) is 4.11. The highest BCUT2D eigenvalue weighted by Crippen LogP contribution is 2.33. The summed E-state index contributed by atoms with van der Waals surface area (Å²) in [6.07, 6.45) is 0. The summed E-state index contributed by atoms with van der Waals surface area (Å²) >= 11 is 12.2. The van der Waals surface area contributed by atoms with Crippen molar-refractivity contribution in [2.75, 3.05) is 10.2 Å². The number of nitrogens with zero attached hydrogens (tertiary/aromatic N) is 1. The summed E-state index contributed by atoms with van der Waals surface area (Å²) in [5.74, 6) is -1.13. The normalized spacial score (nSPS) is 14.7. The van der Waals surface area contributed by atoms with Gasteiger partial charge in [-0.25, -0.2) is 4.90 Å². The van der Waals surface area contributed by atoms with Gasteiger partial charge < -0.3 is 5.32 Å². The second-order valence-electron chi connectivity index (χ2n) is 5.08. The van der Waals surface area contributed by atoms with Crippen LogP contribution in [0.4, 0.5) is 11.4 Å². The monoisotopic (exact) mass is 346 g/mol. The Morgan fingerprint density at radius 3 is 2.39 bits per heavy atom. The second kappa shape index (κ2) is 6.07. The standard InChI is InChI=1S/C17H12Cl2N2O2/c1-10-5-4-6-11(9-10)20-15-14(19)16(22)21(17(15)23)13-8-3-2-7-12(13)18/h2-9,20H,1H3. The largest absolute Gasteiger partial charge is 0.350 e. The van der Waals surface area contributed by atoms with Gasteiger partial charge in [-0.1, -0.05) is 47.5 Å². The number of nitrogens with one attached hydrogen (secondary N) is 1. The van der Waals surface area contributed by atoms with Crippen molar-refractivity contribution < 1.29 is 9.59 Å². The van der Waals surface area contributed by atoms with Crippen molar-refractivity contribution >= 4 is 46.4 Å². The molecule has 1 aliphatic heterocycles. The number of benzene rings is 2. The summed E-state index contributed by atoms with van der Waals surface area (Å²) in [7, 11) is 0. The number of imide groups is 1. The van der Waals surface area contributed by atoms with Crippen molar-refractivity contribution in [3.63, 3.8) is 0 Å². The Bertz CT molecular complexity index is 846. The van der Waals surface area contributed by atoms with E-state index in [1.807, 2.05) is 25.1 Å². The molecule has 116 valence electrons. The number of halogens is 2. The molecule has 2 aromatic carbocycles. The van der Waals surface area contributed by atoms with Crippen molar-refractivity contribution in [1.82, 2.24) is 0 Å². The van der Waals surface area contributed by atoms with Crippen LogP contribution in [0.2, 0.25) is 5.02 Å². The minimum absolute atomic E-state index is 0.0437. The lowest BCUT2D eigenvalue weighted by Gasteiger charge is -2.16. The predicted molar refractivity (Wildman–Crippen MR) is 91.6 cm³/mol. The minimum Gasteiger partial charge on any atom is -0.350 e. The van der Waals surface area contributed by atoms with Crippen molar-refractivity contribution in [1.29, 1.82) is 0 Å². The first-order valence-electron chi connectivity index (χ1n) is 6.86. The summed E-state index contributed by atoms with van der Waals surface area (Å²) < 4.78 is 0. The Balaban J connectivity index is 1.95.